The van der Waals surface area contributed by atoms with Crippen LogP contribution in [0.5, 0.6) is 0 Å². The maximum atomic E-state index is 13.2. The first kappa shape index (κ1) is 19.0. The van der Waals surface area contributed by atoms with Gasteiger partial charge < -0.3 is 4.57 Å². The van der Waals surface area contributed by atoms with E-state index in [1.807, 2.05) is 96.7 Å². The number of imidazole rings is 1. The second-order valence-electron chi connectivity index (χ2n) is 6.54. The SMILES string of the molecule is Cn1c(-c2ccccc2)cnc1SCC(=O)N(c1ccccc1)c1ccccc1. The quantitative estimate of drug-likeness (QED) is 0.399. The summed E-state index contributed by atoms with van der Waals surface area (Å²) in [5.74, 6) is 0.305. The van der Waals surface area contributed by atoms with E-state index < -0.39 is 0 Å². The molecule has 4 nitrogen and oxygen atoms in total. The fourth-order valence-electron chi connectivity index (χ4n) is 3.19. The molecule has 0 radical (unpaired) electrons. The van der Waals surface area contributed by atoms with Gasteiger partial charge in [-0.1, -0.05) is 78.5 Å². The van der Waals surface area contributed by atoms with Crippen molar-refractivity contribution in [2.75, 3.05) is 10.7 Å². The van der Waals surface area contributed by atoms with Crippen molar-refractivity contribution in [3.8, 4) is 11.3 Å². The molecule has 0 saturated carbocycles. The second-order valence-corrected chi connectivity index (χ2v) is 7.48. The summed E-state index contributed by atoms with van der Waals surface area (Å²) in [7, 11) is 1.98. The van der Waals surface area contributed by atoms with Crippen LogP contribution in [0.25, 0.3) is 11.3 Å². The number of anilines is 2. The van der Waals surface area contributed by atoms with Crippen molar-refractivity contribution in [3.05, 3.63) is 97.2 Å². The van der Waals surface area contributed by atoms with E-state index in [9.17, 15) is 4.79 Å². The van der Waals surface area contributed by atoms with Crippen LogP contribution in [-0.2, 0) is 11.8 Å². The Morgan fingerprint density at radius 2 is 1.38 bits per heavy atom. The van der Waals surface area contributed by atoms with Crippen molar-refractivity contribution in [3.63, 3.8) is 0 Å². The van der Waals surface area contributed by atoms with Gasteiger partial charge in [-0.3, -0.25) is 9.69 Å². The summed E-state index contributed by atoms with van der Waals surface area (Å²) in [5.41, 5.74) is 3.85. The van der Waals surface area contributed by atoms with Crippen molar-refractivity contribution in [2.45, 2.75) is 5.16 Å². The van der Waals surface area contributed by atoms with Crippen molar-refractivity contribution < 1.29 is 4.79 Å². The maximum Gasteiger partial charge on any atom is 0.242 e. The molecule has 0 saturated heterocycles. The lowest BCUT2D eigenvalue weighted by molar-refractivity contribution is -0.115. The number of nitrogens with zero attached hydrogens (tertiary/aromatic N) is 3. The Morgan fingerprint density at radius 1 is 0.862 bits per heavy atom. The highest BCUT2D eigenvalue weighted by Crippen LogP contribution is 2.28. The summed E-state index contributed by atoms with van der Waals surface area (Å²) >= 11 is 1.45. The van der Waals surface area contributed by atoms with Gasteiger partial charge in [0.05, 0.1) is 17.6 Å². The molecule has 0 spiro atoms. The van der Waals surface area contributed by atoms with Crippen molar-refractivity contribution >= 4 is 29.0 Å². The highest BCUT2D eigenvalue weighted by atomic mass is 32.2. The van der Waals surface area contributed by atoms with Crippen LogP contribution in [0.1, 0.15) is 0 Å². The van der Waals surface area contributed by atoms with E-state index in [0.29, 0.717) is 5.75 Å². The Balaban J connectivity index is 1.54. The maximum absolute atomic E-state index is 13.2. The number of para-hydroxylation sites is 2. The third kappa shape index (κ3) is 4.25. The smallest absolute Gasteiger partial charge is 0.242 e. The fraction of sp³-hybridized carbons (Fsp3) is 0.0833. The third-order valence-electron chi connectivity index (χ3n) is 4.62. The molecule has 0 atom stereocenters. The summed E-state index contributed by atoms with van der Waals surface area (Å²) in [6.45, 7) is 0. The van der Waals surface area contributed by atoms with Crippen molar-refractivity contribution in [1.29, 1.82) is 0 Å². The number of rotatable bonds is 6. The summed E-state index contributed by atoms with van der Waals surface area (Å²) in [6, 6.07) is 29.6. The van der Waals surface area contributed by atoms with Crippen LogP contribution in [0.2, 0.25) is 0 Å². The van der Waals surface area contributed by atoms with Crippen LogP contribution in [0, 0.1) is 0 Å². The van der Waals surface area contributed by atoms with Gasteiger partial charge in [-0.25, -0.2) is 4.98 Å². The van der Waals surface area contributed by atoms with E-state index in [4.69, 9.17) is 0 Å². The van der Waals surface area contributed by atoms with Gasteiger partial charge in [-0.05, 0) is 29.8 Å². The monoisotopic (exact) mass is 399 g/mol. The van der Waals surface area contributed by atoms with E-state index in [1.54, 1.807) is 4.90 Å². The molecule has 0 aliphatic rings. The van der Waals surface area contributed by atoms with Gasteiger partial charge in [0.25, 0.3) is 0 Å². The first-order chi connectivity index (χ1) is 14.2. The number of aromatic nitrogens is 2. The van der Waals surface area contributed by atoms with Crippen LogP contribution >= 0.6 is 11.8 Å². The number of amides is 1. The van der Waals surface area contributed by atoms with Crippen LogP contribution in [0.4, 0.5) is 11.4 Å². The molecule has 4 rings (SSSR count). The molecule has 1 amide bonds. The van der Waals surface area contributed by atoms with Gasteiger partial charge in [0, 0.05) is 18.4 Å². The van der Waals surface area contributed by atoms with Gasteiger partial charge in [0.1, 0.15) is 0 Å². The zero-order valence-corrected chi connectivity index (χ0v) is 16.9. The lowest BCUT2D eigenvalue weighted by Gasteiger charge is -2.23. The molecule has 0 bridgehead atoms. The number of carbonyl (C=O) groups excluding carboxylic acids is 1. The molecule has 144 valence electrons. The van der Waals surface area contributed by atoms with Gasteiger partial charge in [0.2, 0.25) is 5.91 Å². The summed E-state index contributed by atoms with van der Waals surface area (Å²) < 4.78 is 2.03. The molecule has 0 unspecified atom stereocenters. The molecule has 29 heavy (non-hydrogen) atoms. The molecule has 1 heterocycles. The minimum Gasteiger partial charge on any atom is -0.322 e. The Hall–Kier alpha value is -3.31. The number of thioether (sulfide) groups is 1. The third-order valence-corrected chi connectivity index (χ3v) is 5.65. The Kier molecular flexibility index (Phi) is 5.77. The van der Waals surface area contributed by atoms with E-state index in [2.05, 4.69) is 17.1 Å². The molecule has 0 fully saturated rings. The first-order valence-electron chi connectivity index (χ1n) is 9.37. The van der Waals surface area contributed by atoms with E-state index >= 15 is 0 Å². The topological polar surface area (TPSA) is 38.1 Å². The molecule has 1 aromatic heterocycles. The van der Waals surface area contributed by atoms with Crippen LogP contribution in [0.15, 0.2) is 102 Å². The van der Waals surface area contributed by atoms with Gasteiger partial charge >= 0.3 is 0 Å². The number of hydrogen-bond acceptors (Lipinski definition) is 3. The lowest BCUT2D eigenvalue weighted by Crippen LogP contribution is -2.27. The van der Waals surface area contributed by atoms with Crippen molar-refractivity contribution in [2.24, 2.45) is 7.05 Å². The highest BCUT2D eigenvalue weighted by molar-refractivity contribution is 7.99. The van der Waals surface area contributed by atoms with Gasteiger partial charge in [0.15, 0.2) is 5.16 Å². The van der Waals surface area contributed by atoms with Gasteiger partial charge in [-0.2, -0.15) is 0 Å². The highest BCUT2D eigenvalue weighted by Gasteiger charge is 2.19. The van der Waals surface area contributed by atoms with Gasteiger partial charge in [-0.15, -0.1) is 0 Å². The van der Waals surface area contributed by atoms with E-state index in [0.717, 1.165) is 27.8 Å². The Morgan fingerprint density at radius 3 is 1.93 bits per heavy atom. The number of hydrogen-bond donors (Lipinski definition) is 0. The standard InChI is InChI=1S/C24H21N3OS/c1-26-22(19-11-5-2-6-12-19)17-25-24(26)29-18-23(28)27(20-13-7-3-8-14-20)21-15-9-4-10-16-21/h2-17H,18H2,1H3. The molecule has 4 aromatic rings. The number of carbonyl (C=O) groups is 1. The molecular weight excluding hydrogens is 378 g/mol. The molecule has 3 aromatic carbocycles. The lowest BCUT2D eigenvalue weighted by atomic mass is 10.2. The predicted octanol–water partition coefficient (Wildman–Crippen LogP) is 5.54. The van der Waals surface area contributed by atoms with Crippen LogP contribution in [-0.4, -0.2) is 21.2 Å². The zero-order chi connectivity index (χ0) is 20.1. The molecule has 0 aliphatic carbocycles. The zero-order valence-electron chi connectivity index (χ0n) is 16.1. The fourth-order valence-corrected chi connectivity index (χ4v) is 3.99. The predicted molar refractivity (Wildman–Crippen MR) is 119 cm³/mol. The van der Waals surface area contributed by atoms with Crippen LogP contribution < -0.4 is 4.90 Å². The molecular formula is C24H21N3OS. The Labute approximate surface area is 174 Å². The summed E-state index contributed by atoms with van der Waals surface area (Å²) in [5, 5.41) is 0.818. The molecule has 5 heteroatoms. The minimum atomic E-state index is 0.0108. The average molecular weight is 400 g/mol. The first-order valence-corrected chi connectivity index (χ1v) is 10.4. The average Bonchev–Trinajstić information content (AvgIpc) is 3.15. The van der Waals surface area contributed by atoms with Crippen molar-refractivity contribution in [1.82, 2.24) is 9.55 Å². The number of benzene rings is 3. The molecule has 0 N–H and O–H groups in total. The largest absolute Gasteiger partial charge is 0.322 e. The normalized spacial score (nSPS) is 10.7. The van der Waals surface area contributed by atoms with E-state index in [-0.39, 0.29) is 5.91 Å². The minimum absolute atomic E-state index is 0.0108. The summed E-state index contributed by atoms with van der Waals surface area (Å²) in [4.78, 5) is 19.5. The second kappa shape index (κ2) is 8.80. The Bertz CT molecular complexity index is 1040. The van der Waals surface area contributed by atoms with Crippen LogP contribution in [0.3, 0.4) is 0 Å². The summed E-state index contributed by atoms with van der Waals surface area (Å²) in [6.07, 6.45) is 1.86. The van der Waals surface area contributed by atoms with E-state index in [1.165, 1.54) is 11.8 Å². The molecule has 0 aliphatic heterocycles.